The maximum atomic E-state index is 6.24. The number of hydrogen-bond donors (Lipinski definition) is 1. The second kappa shape index (κ2) is 4.73. The SMILES string of the molecule is Cl.NC1(c2ccccn2)CCOCC1. The van der Waals surface area contributed by atoms with Crippen molar-refractivity contribution in [2.75, 3.05) is 13.2 Å². The summed E-state index contributed by atoms with van der Waals surface area (Å²) in [4.78, 5) is 4.29. The molecule has 2 N–H and O–H groups in total. The predicted molar refractivity (Wildman–Crippen MR) is 57.4 cm³/mol. The molecule has 2 rings (SSSR count). The first-order valence-corrected chi connectivity index (χ1v) is 4.59. The molecule has 1 saturated heterocycles. The molecular weight excluding hydrogens is 200 g/mol. The van der Waals surface area contributed by atoms with Crippen LogP contribution in [0.4, 0.5) is 0 Å². The van der Waals surface area contributed by atoms with Crippen molar-refractivity contribution in [1.82, 2.24) is 4.98 Å². The number of ether oxygens (including phenoxy) is 1. The van der Waals surface area contributed by atoms with Crippen LogP contribution in [-0.4, -0.2) is 18.2 Å². The molecule has 1 aromatic rings. The van der Waals surface area contributed by atoms with E-state index in [-0.39, 0.29) is 17.9 Å². The fraction of sp³-hybridized carbons (Fsp3) is 0.500. The standard InChI is InChI=1S/C10H14N2O.ClH/c11-10(4-7-13-8-5-10)9-3-1-2-6-12-9;/h1-3,6H,4-5,7-8,11H2;1H. The molecule has 2 heterocycles. The minimum Gasteiger partial charge on any atom is -0.381 e. The van der Waals surface area contributed by atoms with E-state index in [1.165, 1.54) is 0 Å². The zero-order valence-corrected chi connectivity index (χ0v) is 8.80. The predicted octanol–water partition coefficient (Wildman–Crippen LogP) is 1.47. The molecule has 0 aromatic carbocycles. The molecule has 1 aliphatic rings. The van der Waals surface area contributed by atoms with E-state index in [0.717, 1.165) is 31.7 Å². The maximum absolute atomic E-state index is 6.24. The molecule has 1 aliphatic heterocycles. The molecular formula is C10H15ClN2O. The molecule has 1 fully saturated rings. The van der Waals surface area contributed by atoms with Crippen molar-refractivity contribution in [1.29, 1.82) is 0 Å². The van der Waals surface area contributed by atoms with Crippen molar-refractivity contribution in [2.45, 2.75) is 18.4 Å². The van der Waals surface area contributed by atoms with Gasteiger partial charge < -0.3 is 10.5 Å². The van der Waals surface area contributed by atoms with Crippen LogP contribution in [0.25, 0.3) is 0 Å². The zero-order chi connectivity index (χ0) is 9.15. The summed E-state index contributed by atoms with van der Waals surface area (Å²) in [7, 11) is 0. The Morgan fingerprint density at radius 3 is 2.57 bits per heavy atom. The summed E-state index contributed by atoms with van der Waals surface area (Å²) < 4.78 is 5.28. The second-order valence-corrected chi connectivity index (χ2v) is 3.48. The number of aromatic nitrogens is 1. The highest BCUT2D eigenvalue weighted by Crippen LogP contribution is 2.27. The third-order valence-corrected chi connectivity index (χ3v) is 2.56. The summed E-state index contributed by atoms with van der Waals surface area (Å²) in [6, 6.07) is 5.88. The molecule has 0 amide bonds. The van der Waals surface area contributed by atoms with Crippen LogP contribution >= 0.6 is 12.4 Å². The van der Waals surface area contributed by atoms with Gasteiger partial charge in [0.05, 0.1) is 11.2 Å². The largest absolute Gasteiger partial charge is 0.381 e. The Labute approximate surface area is 90.1 Å². The molecule has 0 unspecified atom stereocenters. The minimum absolute atomic E-state index is 0. The van der Waals surface area contributed by atoms with E-state index in [2.05, 4.69) is 4.98 Å². The summed E-state index contributed by atoms with van der Waals surface area (Å²) in [6.45, 7) is 1.49. The zero-order valence-electron chi connectivity index (χ0n) is 7.98. The van der Waals surface area contributed by atoms with Crippen LogP contribution in [0.15, 0.2) is 24.4 Å². The number of rotatable bonds is 1. The van der Waals surface area contributed by atoms with Gasteiger partial charge in [-0.15, -0.1) is 12.4 Å². The van der Waals surface area contributed by atoms with Gasteiger partial charge in [-0.05, 0) is 25.0 Å². The molecule has 78 valence electrons. The minimum atomic E-state index is -0.264. The lowest BCUT2D eigenvalue weighted by Gasteiger charge is -2.32. The molecule has 0 spiro atoms. The molecule has 0 bridgehead atoms. The molecule has 0 aliphatic carbocycles. The van der Waals surface area contributed by atoms with Gasteiger partial charge in [-0.25, -0.2) is 0 Å². The molecule has 4 heteroatoms. The Bertz CT molecular complexity index is 273. The van der Waals surface area contributed by atoms with E-state index in [4.69, 9.17) is 10.5 Å². The molecule has 14 heavy (non-hydrogen) atoms. The van der Waals surface area contributed by atoms with Crippen molar-refractivity contribution in [3.63, 3.8) is 0 Å². The summed E-state index contributed by atoms with van der Waals surface area (Å²) in [6.07, 6.45) is 3.52. The van der Waals surface area contributed by atoms with Crippen molar-refractivity contribution in [3.05, 3.63) is 30.1 Å². The first-order valence-electron chi connectivity index (χ1n) is 4.59. The van der Waals surface area contributed by atoms with Gasteiger partial charge in [0, 0.05) is 19.4 Å². The summed E-state index contributed by atoms with van der Waals surface area (Å²) in [5.74, 6) is 0. The molecule has 0 radical (unpaired) electrons. The van der Waals surface area contributed by atoms with Crippen molar-refractivity contribution in [2.24, 2.45) is 5.73 Å². The van der Waals surface area contributed by atoms with E-state index in [1.54, 1.807) is 6.20 Å². The van der Waals surface area contributed by atoms with E-state index < -0.39 is 0 Å². The lowest BCUT2D eigenvalue weighted by molar-refractivity contribution is 0.0508. The van der Waals surface area contributed by atoms with E-state index in [9.17, 15) is 0 Å². The maximum Gasteiger partial charge on any atom is 0.0627 e. The van der Waals surface area contributed by atoms with Crippen molar-refractivity contribution < 1.29 is 4.74 Å². The Hall–Kier alpha value is -0.640. The Kier molecular flexibility index (Phi) is 3.86. The third kappa shape index (κ3) is 2.23. The third-order valence-electron chi connectivity index (χ3n) is 2.56. The van der Waals surface area contributed by atoms with Gasteiger partial charge in [0.15, 0.2) is 0 Å². The van der Waals surface area contributed by atoms with Gasteiger partial charge in [0.2, 0.25) is 0 Å². The number of halogens is 1. The first-order chi connectivity index (χ1) is 6.31. The monoisotopic (exact) mass is 214 g/mol. The number of hydrogen-bond acceptors (Lipinski definition) is 3. The van der Waals surface area contributed by atoms with Crippen LogP contribution in [-0.2, 0) is 10.3 Å². The van der Waals surface area contributed by atoms with Crippen LogP contribution in [0.1, 0.15) is 18.5 Å². The lowest BCUT2D eigenvalue weighted by atomic mass is 9.87. The quantitative estimate of drug-likeness (QED) is 0.770. The van der Waals surface area contributed by atoms with E-state index in [0.29, 0.717) is 0 Å². The highest BCUT2D eigenvalue weighted by Gasteiger charge is 2.30. The summed E-state index contributed by atoms with van der Waals surface area (Å²) >= 11 is 0. The molecule has 1 aromatic heterocycles. The number of pyridine rings is 1. The second-order valence-electron chi connectivity index (χ2n) is 3.48. The topological polar surface area (TPSA) is 48.1 Å². The van der Waals surface area contributed by atoms with Crippen LogP contribution in [0.3, 0.4) is 0 Å². The number of nitrogens with two attached hydrogens (primary N) is 1. The van der Waals surface area contributed by atoms with E-state index >= 15 is 0 Å². The van der Waals surface area contributed by atoms with Crippen LogP contribution in [0, 0.1) is 0 Å². The summed E-state index contributed by atoms with van der Waals surface area (Å²) in [5.41, 5.74) is 6.96. The average Bonchev–Trinajstić information content (AvgIpc) is 2.20. The van der Waals surface area contributed by atoms with Gasteiger partial charge in [-0.2, -0.15) is 0 Å². The highest BCUT2D eigenvalue weighted by molar-refractivity contribution is 5.85. The van der Waals surface area contributed by atoms with Gasteiger partial charge in [-0.3, -0.25) is 4.98 Å². The fourth-order valence-corrected chi connectivity index (χ4v) is 1.65. The first kappa shape index (κ1) is 11.4. The summed E-state index contributed by atoms with van der Waals surface area (Å²) in [5, 5.41) is 0. The van der Waals surface area contributed by atoms with Crippen LogP contribution in [0.5, 0.6) is 0 Å². The molecule has 0 saturated carbocycles. The Morgan fingerprint density at radius 2 is 2.00 bits per heavy atom. The van der Waals surface area contributed by atoms with Gasteiger partial charge in [-0.1, -0.05) is 6.07 Å². The van der Waals surface area contributed by atoms with E-state index in [1.807, 2.05) is 18.2 Å². The Balaban J connectivity index is 0.000000980. The molecule has 0 atom stereocenters. The van der Waals surface area contributed by atoms with Crippen LogP contribution < -0.4 is 5.73 Å². The van der Waals surface area contributed by atoms with Gasteiger partial charge in [0.25, 0.3) is 0 Å². The van der Waals surface area contributed by atoms with Gasteiger partial charge >= 0.3 is 0 Å². The normalized spacial score (nSPS) is 19.8. The Morgan fingerprint density at radius 1 is 1.29 bits per heavy atom. The van der Waals surface area contributed by atoms with Crippen LogP contribution in [0.2, 0.25) is 0 Å². The average molecular weight is 215 g/mol. The highest BCUT2D eigenvalue weighted by atomic mass is 35.5. The fourth-order valence-electron chi connectivity index (χ4n) is 1.65. The number of nitrogens with zero attached hydrogens (tertiary/aromatic N) is 1. The van der Waals surface area contributed by atoms with Crippen molar-refractivity contribution >= 4 is 12.4 Å². The van der Waals surface area contributed by atoms with Gasteiger partial charge in [0.1, 0.15) is 0 Å². The smallest absolute Gasteiger partial charge is 0.0627 e. The molecule has 3 nitrogen and oxygen atoms in total. The van der Waals surface area contributed by atoms with Crippen molar-refractivity contribution in [3.8, 4) is 0 Å². The lowest BCUT2D eigenvalue weighted by Crippen LogP contribution is -2.42.